The molecule has 0 saturated heterocycles. The Balaban J connectivity index is 1.98. The maximum atomic E-state index is 14.9. The van der Waals surface area contributed by atoms with E-state index in [1.54, 1.807) is 0 Å². The Hall–Kier alpha value is -3.39. The molecule has 4 rings (SSSR count). The largest absolute Gasteiger partial charge is 0.505 e. The number of carbonyl (C=O) groups is 1. The molecule has 0 radical (unpaired) electrons. The van der Waals surface area contributed by atoms with E-state index in [9.17, 15) is 40.3 Å². The lowest BCUT2D eigenvalue weighted by molar-refractivity contribution is -0.137. The molecule has 37 heavy (non-hydrogen) atoms. The van der Waals surface area contributed by atoms with Crippen molar-refractivity contribution in [2.45, 2.75) is 11.1 Å². The van der Waals surface area contributed by atoms with Crippen molar-refractivity contribution in [3.63, 3.8) is 0 Å². The molecule has 1 heterocycles. The minimum absolute atomic E-state index is 0.102. The number of aromatic hydroxyl groups is 1. The second kappa shape index (κ2) is 9.49. The van der Waals surface area contributed by atoms with Crippen molar-refractivity contribution in [1.82, 2.24) is 4.90 Å². The number of hydrogen-bond donors (Lipinski definition) is 2. The average Bonchev–Trinajstić information content (AvgIpc) is 2.80. The molecule has 0 unspecified atom stereocenters. The summed E-state index contributed by atoms with van der Waals surface area (Å²) in [6.07, 6.45) is -4.81. The zero-order chi connectivity index (χ0) is 27.3. The maximum absolute atomic E-state index is 14.9. The van der Waals surface area contributed by atoms with Crippen LogP contribution in [0.2, 0.25) is 0 Å². The second-order valence-electron chi connectivity index (χ2n) is 8.01. The van der Waals surface area contributed by atoms with Crippen LogP contribution in [0.3, 0.4) is 0 Å². The van der Waals surface area contributed by atoms with Gasteiger partial charge in [0.25, 0.3) is 15.9 Å². The van der Waals surface area contributed by atoms with Crippen LogP contribution in [0.25, 0.3) is 11.1 Å². The van der Waals surface area contributed by atoms with Gasteiger partial charge >= 0.3 is 6.18 Å². The Bertz CT molecular complexity index is 1530. The Kier molecular flexibility index (Phi) is 6.84. The van der Waals surface area contributed by atoms with E-state index in [0.29, 0.717) is 24.3 Å². The van der Waals surface area contributed by atoms with Gasteiger partial charge in [-0.05, 0) is 52.3 Å². The van der Waals surface area contributed by atoms with Gasteiger partial charge in [-0.3, -0.25) is 9.52 Å². The lowest BCUT2D eigenvalue weighted by Crippen LogP contribution is -2.31. The standard InChI is InChI=1S/C23H16BrF5N2O5S/c1-31-4-5-36-19-3-2-12(23(27,28)29)8-14(19)13-9-18(17(26)10-16(13)25)30-37(34,35)20-7-11(22(31)33)6-15(24)21(20)32/h2-3,6-10,30,32H,4-5H2,1H3. The second-order valence-corrected chi connectivity index (χ2v) is 10.5. The van der Waals surface area contributed by atoms with Crippen molar-refractivity contribution in [3.8, 4) is 22.6 Å². The van der Waals surface area contributed by atoms with Crippen LogP contribution < -0.4 is 9.46 Å². The van der Waals surface area contributed by atoms with Gasteiger partial charge in [0.1, 0.15) is 34.6 Å². The van der Waals surface area contributed by atoms with Crippen molar-refractivity contribution in [1.29, 1.82) is 0 Å². The number of nitrogens with zero attached hydrogens (tertiary/aromatic N) is 1. The molecule has 0 atom stereocenters. The van der Waals surface area contributed by atoms with Crippen LogP contribution in [0.5, 0.6) is 11.5 Å². The van der Waals surface area contributed by atoms with Gasteiger partial charge in [-0.1, -0.05) is 0 Å². The van der Waals surface area contributed by atoms with Crippen LogP contribution >= 0.6 is 15.9 Å². The van der Waals surface area contributed by atoms with Crippen molar-refractivity contribution in [2.24, 2.45) is 0 Å². The third-order valence-electron chi connectivity index (χ3n) is 5.49. The third kappa shape index (κ3) is 5.21. The van der Waals surface area contributed by atoms with Gasteiger partial charge in [0.2, 0.25) is 0 Å². The lowest BCUT2D eigenvalue weighted by Gasteiger charge is -2.20. The first-order chi connectivity index (χ1) is 17.2. The van der Waals surface area contributed by atoms with Crippen LogP contribution in [-0.4, -0.2) is 44.5 Å². The third-order valence-corrected chi connectivity index (χ3v) is 7.48. The monoisotopic (exact) mass is 606 g/mol. The molecule has 0 saturated carbocycles. The zero-order valence-electron chi connectivity index (χ0n) is 18.7. The van der Waals surface area contributed by atoms with Crippen LogP contribution in [0.1, 0.15) is 15.9 Å². The molecule has 2 N–H and O–H groups in total. The average molecular weight is 607 g/mol. The SMILES string of the molecule is CN1CCOc2ccc(C(F)(F)F)cc2-c2cc(c(F)cc2F)NS(=O)(=O)c2cc(cc(Br)c2O)C1=O. The van der Waals surface area contributed by atoms with E-state index < -0.39 is 66.8 Å². The number of alkyl halides is 3. The molecule has 1 aliphatic rings. The van der Waals surface area contributed by atoms with Crippen molar-refractivity contribution < 1.29 is 45.0 Å². The summed E-state index contributed by atoms with van der Waals surface area (Å²) in [4.78, 5) is 13.2. The smallest absolute Gasteiger partial charge is 0.416 e. The molecular weight excluding hydrogens is 591 g/mol. The molecular formula is C23H16BrF5N2O5S. The van der Waals surface area contributed by atoms with Gasteiger partial charge in [0.05, 0.1) is 22.3 Å². The molecule has 4 bridgehead atoms. The number of anilines is 1. The van der Waals surface area contributed by atoms with E-state index in [4.69, 9.17) is 4.74 Å². The minimum atomic E-state index is -4.81. The van der Waals surface area contributed by atoms with Crippen molar-refractivity contribution in [3.05, 3.63) is 69.7 Å². The van der Waals surface area contributed by atoms with Gasteiger partial charge in [-0.25, -0.2) is 17.2 Å². The summed E-state index contributed by atoms with van der Waals surface area (Å²) in [7, 11) is -3.43. The van der Waals surface area contributed by atoms with E-state index in [1.165, 1.54) is 13.1 Å². The number of rotatable bonds is 0. The summed E-state index contributed by atoms with van der Waals surface area (Å²) in [5.41, 5.74) is -3.14. The van der Waals surface area contributed by atoms with Crippen LogP contribution in [0.15, 0.2) is 51.8 Å². The van der Waals surface area contributed by atoms with E-state index in [2.05, 4.69) is 15.9 Å². The van der Waals surface area contributed by atoms with Gasteiger partial charge in [-0.15, -0.1) is 0 Å². The number of phenolic OH excluding ortho intramolecular Hbond substituents is 1. The number of amides is 1. The fourth-order valence-corrected chi connectivity index (χ4v) is 5.39. The number of fused-ring (bicyclic) bond motifs is 6. The molecule has 0 spiro atoms. The molecule has 3 aromatic rings. The number of likely N-dealkylation sites (N-methyl/N-ethyl adjacent to an activating group) is 1. The predicted molar refractivity (Wildman–Crippen MR) is 126 cm³/mol. The van der Waals surface area contributed by atoms with Crippen molar-refractivity contribution in [2.75, 3.05) is 24.9 Å². The van der Waals surface area contributed by atoms with Gasteiger partial charge in [0, 0.05) is 29.8 Å². The van der Waals surface area contributed by atoms with Gasteiger partial charge < -0.3 is 14.7 Å². The highest BCUT2D eigenvalue weighted by atomic mass is 79.9. The summed E-state index contributed by atoms with van der Waals surface area (Å²) >= 11 is 2.98. The molecule has 0 aliphatic carbocycles. The molecule has 0 fully saturated rings. The summed E-state index contributed by atoms with van der Waals surface area (Å²) in [5, 5.41) is 10.3. The molecule has 0 aromatic heterocycles. The summed E-state index contributed by atoms with van der Waals surface area (Å²) in [6, 6.07) is 5.27. The topological polar surface area (TPSA) is 95.9 Å². The van der Waals surface area contributed by atoms with Crippen LogP contribution in [0, 0.1) is 11.6 Å². The molecule has 14 heteroatoms. The number of benzene rings is 3. The highest BCUT2D eigenvalue weighted by Crippen LogP contribution is 2.40. The normalized spacial score (nSPS) is 15.6. The number of carbonyl (C=O) groups excluding carboxylic acids is 1. The lowest BCUT2D eigenvalue weighted by atomic mass is 10.00. The zero-order valence-corrected chi connectivity index (χ0v) is 21.1. The number of phenols is 1. The van der Waals surface area contributed by atoms with Crippen LogP contribution in [0.4, 0.5) is 27.6 Å². The maximum Gasteiger partial charge on any atom is 0.416 e. The highest BCUT2D eigenvalue weighted by molar-refractivity contribution is 9.10. The fourth-order valence-electron chi connectivity index (χ4n) is 3.59. The molecule has 3 aromatic carbocycles. The van der Waals surface area contributed by atoms with E-state index in [-0.39, 0.29) is 28.9 Å². The van der Waals surface area contributed by atoms with Crippen LogP contribution in [-0.2, 0) is 16.2 Å². The molecule has 1 amide bonds. The number of ether oxygens (including phenoxy) is 1. The fraction of sp³-hybridized carbons (Fsp3) is 0.174. The number of sulfonamides is 1. The predicted octanol–water partition coefficient (Wildman–Crippen LogP) is 5.38. The number of hydrogen-bond acceptors (Lipinski definition) is 5. The Labute approximate surface area is 215 Å². The number of halogens is 6. The summed E-state index contributed by atoms with van der Waals surface area (Å²) in [5.74, 6) is -4.35. The first-order valence-corrected chi connectivity index (χ1v) is 12.6. The summed E-state index contributed by atoms with van der Waals surface area (Å²) < 4.78 is 103. The first kappa shape index (κ1) is 26.7. The molecule has 1 aliphatic heterocycles. The minimum Gasteiger partial charge on any atom is -0.505 e. The van der Waals surface area contributed by atoms with E-state index in [1.807, 2.05) is 4.72 Å². The van der Waals surface area contributed by atoms with Crippen molar-refractivity contribution >= 4 is 37.5 Å². The molecule has 7 nitrogen and oxygen atoms in total. The number of nitrogens with one attached hydrogen (secondary N) is 1. The van der Waals surface area contributed by atoms with E-state index >= 15 is 0 Å². The molecule has 196 valence electrons. The van der Waals surface area contributed by atoms with Gasteiger partial charge in [0.15, 0.2) is 0 Å². The van der Waals surface area contributed by atoms with Gasteiger partial charge in [-0.2, -0.15) is 13.2 Å². The Morgan fingerprint density at radius 2 is 1.76 bits per heavy atom. The quantitative estimate of drug-likeness (QED) is 0.335. The summed E-state index contributed by atoms with van der Waals surface area (Å²) in [6.45, 7) is -0.339. The first-order valence-electron chi connectivity index (χ1n) is 10.3. The Morgan fingerprint density at radius 3 is 2.43 bits per heavy atom. The van der Waals surface area contributed by atoms with E-state index in [0.717, 1.165) is 17.0 Å². The highest BCUT2D eigenvalue weighted by Gasteiger charge is 2.32. The Morgan fingerprint density at radius 1 is 1.05 bits per heavy atom.